The van der Waals surface area contributed by atoms with E-state index in [0.717, 1.165) is 43.0 Å². The number of esters is 1. The molecule has 2 aromatic rings. The van der Waals surface area contributed by atoms with Gasteiger partial charge in [0.1, 0.15) is 18.5 Å². The van der Waals surface area contributed by atoms with Crippen LogP contribution in [0.5, 0.6) is 5.75 Å². The lowest BCUT2D eigenvalue weighted by atomic mass is 10.00. The van der Waals surface area contributed by atoms with E-state index in [1.807, 2.05) is 30.3 Å². The highest BCUT2D eigenvalue weighted by Crippen LogP contribution is 2.49. The predicted octanol–water partition coefficient (Wildman–Crippen LogP) is 4.86. The summed E-state index contributed by atoms with van der Waals surface area (Å²) in [6, 6.07) is 11.8. The lowest BCUT2D eigenvalue weighted by Gasteiger charge is -2.33. The molecule has 8 heteroatoms. The predicted molar refractivity (Wildman–Crippen MR) is 101 cm³/mol. The van der Waals surface area contributed by atoms with Gasteiger partial charge in [-0.25, -0.2) is 8.78 Å². The van der Waals surface area contributed by atoms with Crippen LogP contribution < -0.4 is 9.97 Å². The van der Waals surface area contributed by atoms with Crippen molar-refractivity contribution in [1.29, 1.82) is 0 Å². The van der Waals surface area contributed by atoms with Gasteiger partial charge < -0.3 is 9.62 Å². The fourth-order valence-electron chi connectivity index (χ4n) is 2.53. The molecule has 2 atom stereocenters. The van der Waals surface area contributed by atoms with Crippen molar-refractivity contribution in [3.63, 3.8) is 0 Å². The zero-order valence-electron chi connectivity index (χ0n) is 15.4. The van der Waals surface area contributed by atoms with Crippen LogP contribution in [0.4, 0.5) is 8.78 Å². The van der Waals surface area contributed by atoms with E-state index in [-0.39, 0.29) is 18.0 Å². The van der Waals surface area contributed by atoms with Crippen molar-refractivity contribution in [1.82, 2.24) is 5.09 Å². The Morgan fingerprint density at radius 2 is 1.96 bits per heavy atom. The summed E-state index contributed by atoms with van der Waals surface area (Å²) in [5, 5.41) is 3.10. The molecule has 1 N–H and O–H groups in total. The zero-order chi connectivity index (χ0) is 19.9. The van der Waals surface area contributed by atoms with Gasteiger partial charge in [-0.1, -0.05) is 36.8 Å². The second-order valence-electron chi connectivity index (χ2n) is 6.59. The van der Waals surface area contributed by atoms with E-state index in [1.165, 1.54) is 0 Å². The minimum atomic E-state index is -1.35. The number of rotatable bonds is 9. The molecular formula is C20H22F2NO4P. The van der Waals surface area contributed by atoms with Gasteiger partial charge in [-0.3, -0.25) is 9.88 Å². The van der Waals surface area contributed by atoms with E-state index in [1.54, 1.807) is 6.92 Å². The van der Waals surface area contributed by atoms with Crippen LogP contribution in [0.3, 0.4) is 0 Å². The normalized spacial score (nSPS) is 16.1. The summed E-state index contributed by atoms with van der Waals surface area (Å²) in [6.07, 6.45) is 2.92. The zero-order valence-corrected chi connectivity index (χ0v) is 16.3. The Hall–Kier alpha value is -2.08. The van der Waals surface area contributed by atoms with Crippen LogP contribution in [0, 0.1) is 11.6 Å². The molecule has 150 valence electrons. The number of carbonyl (C=O) groups excluding carboxylic acids is 1. The summed E-state index contributed by atoms with van der Waals surface area (Å²) in [7, 11) is -1.35. The number of benzene rings is 2. The van der Waals surface area contributed by atoms with Gasteiger partial charge in [0.25, 0.3) is 0 Å². The van der Waals surface area contributed by atoms with E-state index < -0.39 is 31.9 Å². The summed E-state index contributed by atoms with van der Waals surface area (Å²) in [5.41, 5.74) is 1.10. The Morgan fingerprint density at radius 1 is 1.21 bits per heavy atom. The largest absolute Gasteiger partial charge is 0.460 e. The van der Waals surface area contributed by atoms with Gasteiger partial charge in [0.15, 0.2) is 14.1 Å². The van der Waals surface area contributed by atoms with Crippen molar-refractivity contribution in [2.75, 3.05) is 0 Å². The monoisotopic (exact) mass is 409 g/mol. The molecule has 0 bridgehead atoms. The first-order valence-electron chi connectivity index (χ1n) is 9.08. The number of ether oxygens (including phenoxy) is 1. The van der Waals surface area contributed by atoms with Gasteiger partial charge in [0.05, 0.1) is 0 Å². The van der Waals surface area contributed by atoms with Crippen LogP contribution in [0.15, 0.2) is 48.5 Å². The second-order valence-corrected chi connectivity index (χ2v) is 8.38. The summed E-state index contributed by atoms with van der Waals surface area (Å²) >= 11 is 0. The fraction of sp³-hybridized carbons (Fsp3) is 0.350. The first-order valence-corrected chi connectivity index (χ1v) is 10.4. The van der Waals surface area contributed by atoms with Crippen molar-refractivity contribution in [3.8, 4) is 5.75 Å². The highest BCUT2D eigenvalue weighted by atomic mass is 31.2. The summed E-state index contributed by atoms with van der Waals surface area (Å²) < 4.78 is 37.5. The highest BCUT2D eigenvalue weighted by molar-refractivity contribution is 7.51. The maximum atomic E-state index is 13.7. The Balaban J connectivity index is 1.53. The molecule has 1 aliphatic carbocycles. The molecule has 1 aliphatic rings. The van der Waals surface area contributed by atoms with Crippen LogP contribution >= 0.6 is 8.30 Å². The summed E-state index contributed by atoms with van der Waals surface area (Å²) in [6.45, 7) is 1.87. The molecule has 0 aromatic heterocycles. The third kappa shape index (κ3) is 5.71. The molecule has 0 saturated heterocycles. The summed E-state index contributed by atoms with van der Waals surface area (Å²) in [4.78, 5) is 17.4. The Morgan fingerprint density at radius 3 is 2.61 bits per heavy atom. The Labute approximate surface area is 163 Å². The Kier molecular flexibility index (Phi) is 7.31. The number of carbonyl (C=O) groups is 1. The molecule has 5 nitrogen and oxygen atoms in total. The maximum absolute atomic E-state index is 13.7. The quantitative estimate of drug-likeness (QED) is 0.277. The van der Waals surface area contributed by atoms with Gasteiger partial charge in [0, 0.05) is 11.7 Å². The number of halogens is 2. The van der Waals surface area contributed by atoms with Gasteiger partial charge in [-0.15, -0.1) is 0 Å². The number of nitrogens with one attached hydrogen (secondary N) is 1. The third-order valence-electron chi connectivity index (χ3n) is 4.41. The van der Waals surface area contributed by atoms with Crippen LogP contribution in [0.1, 0.15) is 31.7 Å². The molecule has 3 rings (SSSR count). The Bertz CT molecular complexity index is 789. The lowest BCUT2D eigenvalue weighted by molar-refractivity contribution is -0.146. The van der Waals surface area contributed by atoms with Crippen molar-refractivity contribution in [3.05, 3.63) is 65.7 Å². The SMILES string of the molecule is C[C@H](NP(OOc1ccc(F)cc1F)C1CCC1)C(=O)OCc1ccccc1. The molecule has 0 spiro atoms. The number of hydrogen-bond acceptors (Lipinski definition) is 5. The van der Waals surface area contributed by atoms with Gasteiger partial charge in [0.2, 0.25) is 5.75 Å². The molecular weight excluding hydrogens is 387 g/mol. The minimum Gasteiger partial charge on any atom is -0.460 e. The number of hydrogen-bond donors (Lipinski definition) is 1. The van der Waals surface area contributed by atoms with E-state index >= 15 is 0 Å². The van der Waals surface area contributed by atoms with Crippen LogP contribution in [0.25, 0.3) is 0 Å². The fourth-order valence-corrected chi connectivity index (χ4v) is 4.39. The molecule has 0 amide bonds. The average molecular weight is 409 g/mol. The van der Waals surface area contributed by atoms with Crippen molar-refractivity contribution < 1.29 is 27.9 Å². The molecule has 0 radical (unpaired) electrons. The van der Waals surface area contributed by atoms with Crippen LogP contribution in [-0.2, 0) is 20.8 Å². The van der Waals surface area contributed by atoms with Gasteiger partial charge >= 0.3 is 5.97 Å². The molecule has 2 aromatic carbocycles. The second kappa shape index (κ2) is 9.92. The first kappa shape index (κ1) is 20.6. The minimum absolute atomic E-state index is 0.186. The third-order valence-corrected chi connectivity index (χ3v) is 6.46. The van der Waals surface area contributed by atoms with Crippen LogP contribution in [-0.4, -0.2) is 17.7 Å². The molecule has 1 fully saturated rings. The smallest absolute Gasteiger partial charge is 0.323 e. The highest BCUT2D eigenvalue weighted by Gasteiger charge is 2.33. The van der Waals surface area contributed by atoms with Crippen molar-refractivity contribution >= 4 is 14.3 Å². The molecule has 1 unspecified atom stereocenters. The average Bonchev–Trinajstić information content (AvgIpc) is 2.64. The van der Waals surface area contributed by atoms with E-state index in [0.29, 0.717) is 0 Å². The molecule has 0 heterocycles. The standard InChI is InChI=1S/C20H22F2NO4P/c1-14(20(24)25-13-15-6-3-2-4-7-15)23-28(17-8-5-9-17)27-26-19-11-10-16(21)12-18(19)22/h2-4,6-7,10-12,14,17,23H,5,8-9,13H2,1H3/t14-,28?/m0/s1. The molecule has 0 aliphatic heterocycles. The van der Waals surface area contributed by atoms with E-state index in [9.17, 15) is 13.6 Å². The summed E-state index contributed by atoms with van der Waals surface area (Å²) in [5.74, 6) is -2.15. The lowest BCUT2D eigenvalue weighted by Crippen LogP contribution is -2.36. The van der Waals surface area contributed by atoms with Gasteiger partial charge in [-0.05, 0) is 37.5 Å². The van der Waals surface area contributed by atoms with Crippen LogP contribution in [0.2, 0.25) is 0 Å². The van der Waals surface area contributed by atoms with Gasteiger partial charge in [-0.2, -0.15) is 4.67 Å². The first-order chi connectivity index (χ1) is 13.5. The molecule has 28 heavy (non-hydrogen) atoms. The van der Waals surface area contributed by atoms with Crippen molar-refractivity contribution in [2.45, 2.75) is 44.5 Å². The topological polar surface area (TPSA) is 56.8 Å². The van der Waals surface area contributed by atoms with E-state index in [2.05, 4.69) is 5.09 Å². The maximum Gasteiger partial charge on any atom is 0.323 e. The molecule has 1 saturated carbocycles. The van der Waals surface area contributed by atoms with Crippen molar-refractivity contribution in [2.24, 2.45) is 0 Å². The van der Waals surface area contributed by atoms with E-state index in [4.69, 9.17) is 14.3 Å².